The van der Waals surface area contributed by atoms with Gasteiger partial charge in [0.1, 0.15) is 8.07 Å². The Labute approximate surface area is 185 Å². The quantitative estimate of drug-likeness (QED) is 0.523. The zero-order chi connectivity index (χ0) is 22.4. The standard InChI is InChI=1S/C26H36O2Si2/c1-22(15-14-20-29(5,6)7)25(27)21-28-30(26(2,3)4,23-16-10-8-11-17-23)24-18-12-9-13-19-24/h8-13,15-19,25,27H,21H2,1-7H3/b22-15-. The second-order valence-corrected chi connectivity index (χ2v) is 19.0. The zero-order valence-corrected chi connectivity index (χ0v) is 21.5. The maximum atomic E-state index is 10.8. The summed E-state index contributed by atoms with van der Waals surface area (Å²) in [5, 5.41) is 13.2. The normalized spacial score (nSPS) is 14.1. The third-order valence-corrected chi connectivity index (χ3v) is 11.0. The molecule has 1 atom stereocenters. The molecule has 0 fully saturated rings. The topological polar surface area (TPSA) is 29.5 Å². The summed E-state index contributed by atoms with van der Waals surface area (Å²) < 4.78 is 6.81. The summed E-state index contributed by atoms with van der Waals surface area (Å²) in [6, 6.07) is 21.0. The van der Waals surface area contributed by atoms with Crippen LogP contribution in [0, 0.1) is 11.5 Å². The maximum absolute atomic E-state index is 10.8. The molecule has 0 aromatic heterocycles. The molecule has 30 heavy (non-hydrogen) atoms. The van der Waals surface area contributed by atoms with Crippen LogP contribution in [-0.4, -0.2) is 34.2 Å². The minimum Gasteiger partial charge on any atom is -0.404 e. The highest BCUT2D eigenvalue weighted by atomic mass is 28.4. The molecule has 0 aliphatic rings. The van der Waals surface area contributed by atoms with Crippen LogP contribution in [0.2, 0.25) is 24.7 Å². The molecule has 2 aromatic carbocycles. The molecule has 0 radical (unpaired) electrons. The van der Waals surface area contributed by atoms with Crippen LogP contribution in [0.4, 0.5) is 0 Å². The van der Waals surface area contributed by atoms with Gasteiger partial charge >= 0.3 is 0 Å². The number of allylic oxidation sites excluding steroid dienone is 1. The molecule has 0 bridgehead atoms. The van der Waals surface area contributed by atoms with E-state index in [1.807, 2.05) is 25.1 Å². The molecule has 2 nitrogen and oxygen atoms in total. The number of benzene rings is 2. The van der Waals surface area contributed by atoms with E-state index in [4.69, 9.17) is 4.43 Å². The van der Waals surface area contributed by atoms with E-state index in [1.54, 1.807) is 0 Å². The smallest absolute Gasteiger partial charge is 0.261 e. The first-order chi connectivity index (χ1) is 14.0. The maximum Gasteiger partial charge on any atom is 0.261 e. The van der Waals surface area contributed by atoms with Crippen molar-refractivity contribution in [2.75, 3.05) is 6.61 Å². The van der Waals surface area contributed by atoms with Crippen molar-refractivity contribution in [3.63, 3.8) is 0 Å². The van der Waals surface area contributed by atoms with Gasteiger partial charge in [0.25, 0.3) is 8.32 Å². The highest BCUT2D eigenvalue weighted by Gasteiger charge is 2.50. The minimum absolute atomic E-state index is 0.106. The lowest BCUT2D eigenvalue weighted by Gasteiger charge is -2.43. The molecular weight excluding hydrogens is 400 g/mol. The summed E-state index contributed by atoms with van der Waals surface area (Å²) in [6.45, 7) is 15.6. The predicted molar refractivity (Wildman–Crippen MR) is 134 cm³/mol. The number of hydrogen-bond acceptors (Lipinski definition) is 2. The molecule has 1 unspecified atom stereocenters. The van der Waals surface area contributed by atoms with Crippen molar-refractivity contribution in [3.05, 3.63) is 72.3 Å². The third-order valence-electron chi connectivity index (χ3n) is 5.15. The van der Waals surface area contributed by atoms with Gasteiger partial charge in [-0.25, -0.2) is 0 Å². The monoisotopic (exact) mass is 436 g/mol. The van der Waals surface area contributed by atoms with Crippen LogP contribution in [0.15, 0.2) is 72.3 Å². The van der Waals surface area contributed by atoms with Crippen LogP contribution in [0.5, 0.6) is 0 Å². The molecule has 0 spiro atoms. The first-order valence-electron chi connectivity index (χ1n) is 10.6. The molecule has 4 heteroatoms. The van der Waals surface area contributed by atoms with Gasteiger partial charge in [0, 0.05) is 0 Å². The summed E-state index contributed by atoms with van der Waals surface area (Å²) in [7, 11) is -4.07. The molecule has 1 N–H and O–H groups in total. The van der Waals surface area contributed by atoms with E-state index < -0.39 is 22.5 Å². The average molecular weight is 437 g/mol. The van der Waals surface area contributed by atoms with E-state index in [0.29, 0.717) is 0 Å². The Morgan fingerprint density at radius 3 is 1.83 bits per heavy atom. The van der Waals surface area contributed by atoms with E-state index in [1.165, 1.54) is 10.4 Å². The van der Waals surface area contributed by atoms with Crippen molar-refractivity contribution in [3.8, 4) is 11.5 Å². The van der Waals surface area contributed by atoms with Gasteiger partial charge < -0.3 is 9.53 Å². The summed E-state index contributed by atoms with van der Waals surface area (Å²) in [5.74, 6) is 3.14. The Morgan fingerprint density at radius 2 is 1.43 bits per heavy atom. The molecule has 0 aliphatic heterocycles. The first kappa shape index (κ1) is 24.4. The summed E-state index contributed by atoms with van der Waals surface area (Å²) in [6.07, 6.45) is 1.17. The van der Waals surface area contributed by atoms with Crippen molar-refractivity contribution < 1.29 is 9.53 Å². The lowest BCUT2D eigenvalue weighted by Crippen LogP contribution is -2.67. The van der Waals surface area contributed by atoms with Gasteiger partial charge in [0.05, 0.1) is 12.7 Å². The van der Waals surface area contributed by atoms with Crippen molar-refractivity contribution in [2.24, 2.45) is 0 Å². The van der Waals surface area contributed by atoms with E-state index in [-0.39, 0.29) is 11.6 Å². The van der Waals surface area contributed by atoms with Gasteiger partial charge in [0.15, 0.2) is 0 Å². The molecular formula is C26H36O2Si2. The fourth-order valence-electron chi connectivity index (χ4n) is 3.56. The largest absolute Gasteiger partial charge is 0.404 e. The van der Waals surface area contributed by atoms with Gasteiger partial charge in [-0.05, 0) is 34.0 Å². The summed E-state index contributed by atoms with van der Waals surface area (Å²) in [4.78, 5) is 0. The molecule has 0 aliphatic carbocycles. The molecule has 2 aromatic rings. The van der Waals surface area contributed by atoms with Crippen molar-refractivity contribution in [1.82, 2.24) is 0 Å². The van der Waals surface area contributed by atoms with E-state index in [2.05, 4.69) is 100 Å². The number of hydrogen-bond donors (Lipinski definition) is 1. The highest BCUT2D eigenvalue weighted by molar-refractivity contribution is 6.99. The SMILES string of the molecule is C/C(=C/C#C[Si](C)(C)C)C(O)CO[Si](c1ccccc1)(c1ccccc1)C(C)(C)C. The van der Waals surface area contributed by atoms with E-state index >= 15 is 0 Å². The number of rotatable bonds is 6. The molecule has 0 amide bonds. The van der Waals surface area contributed by atoms with E-state index in [0.717, 1.165) is 5.57 Å². The van der Waals surface area contributed by atoms with Gasteiger partial charge in [-0.2, -0.15) is 0 Å². The Bertz CT molecular complexity index is 856. The first-order valence-corrected chi connectivity index (χ1v) is 16.0. The van der Waals surface area contributed by atoms with Crippen LogP contribution >= 0.6 is 0 Å². The Kier molecular flexibility index (Phi) is 8.07. The van der Waals surface area contributed by atoms with Crippen LogP contribution in [0.1, 0.15) is 27.7 Å². The molecule has 0 saturated heterocycles. The highest BCUT2D eigenvalue weighted by Crippen LogP contribution is 2.36. The second-order valence-electron chi connectivity index (χ2n) is 9.90. The van der Waals surface area contributed by atoms with Crippen molar-refractivity contribution in [1.29, 1.82) is 0 Å². The minimum atomic E-state index is -2.64. The second kappa shape index (κ2) is 9.93. The molecule has 2 rings (SSSR count). The average Bonchev–Trinajstić information content (AvgIpc) is 2.68. The van der Waals surface area contributed by atoms with Crippen LogP contribution in [0.3, 0.4) is 0 Å². The number of aliphatic hydroxyl groups excluding tert-OH is 1. The van der Waals surface area contributed by atoms with Crippen LogP contribution in [-0.2, 0) is 4.43 Å². The van der Waals surface area contributed by atoms with Crippen molar-refractivity contribution >= 4 is 26.8 Å². The molecule has 0 heterocycles. The molecule has 0 saturated carbocycles. The van der Waals surface area contributed by atoms with Gasteiger partial charge in [-0.3, -0.25) is 0 Å². The fourth-order valence-corrected chi connectivity index (χ4v) is 8.63. The Balaban J connectivity index is 2.42. The van der Waals surface area contributed by atoms with Crippen LogP contribution < -0.4 is 10.4 Å². The zero-order valence-electron chi connectivity index (χ0n) is 19.5. The van der Waals surface area contributed by atoms with Gasteiger partial charge in [-0.15, -0.1) is 5.54 Å². The van der Waals surface area contributed by atoms with Gasteiger partial charge in [0.2, 0.25) is 0 Å². The lowest BCUT2D eigenvalue weighted by molar-refractivity contribution is 0.129. The summed E-state index contributed by atoms with van der Waals surface area (Å²) in [5.41, 5.74) is 4.17. The predicted octanol–water partition coefficient (Wildman–Crippen LogP) is 4.75. The van der Waals surface area contributed by atoms with Crippen LogP contribution in [0.25, 0.3) is 0 Å². The summed E-state index contributed by atoms with van der Waals surface area (Å²) >= 11 is 0. The fraction of sp³-hybridized carbons (Fsp3) is 0.385. The number of aliphatic hydroxyl groups is 1. The Morgan fingerprint density at radius 1 is 0.967 bits per heavy atom. The van der Waals surface area contributed by atoms with E-state index in [9.17, 15) is 5.11 Å². The molecule has 160 valence electrons. The lowest BCUT2D eigenvalue weighted by atomic mass is 10.2. The van der Waals surface area contributed by atoms with Crippen molar-refractivity contribution in [2.45, 2.75) is 58.5 Å². The Hall–Kier alpha value is -1.91. The van der Waals surface area contributed by atoms with Gasteiger partial charge in [-0.1, -0.05) is 107 Å². The third kappa shape index (κ3) is 6.05.